The Labute approximate surface area is 122 Å². The molecule has 2 rings (SSSR count). The van der Waals surface area contributed by atoms with Crippen molar-refractivity contribution >= 4 is 27.4 Å². The molecule has 1 aliphatic rings. The molecule has 0 unspecified atom stereocenters. The number of anilines is 1. The fraction of sp³-hybridized carbons (Fsp3) is 0.462. The monoisotopic (exact) mass is 312 g/mol. The number of nitrogens with one attached hydrogen (secondary N) is 1. The van der Waals surface area contributed by atoms with Gasteiger partial charge in [0.25, 0.3) is 0 Å². The lowest BCUT2D eigenvalue weighted by Gasteiger charge is -2.06. The molecule has 114 valence electrons. The fourth-order valence-corrected chi connectivity index (χ4v) is 3.04. The molecule has 1 amide bonds. The Morgan fingerprint density at radius 1 is 1.29 bits per heavy atom. The zero-order chi connectivity index (χ0) is 16.0. The lowest BCUT2D eigenvalue weighted by molar-refractivity contribution is -0.140. The number of rotatable bonds is 4. The summed E-state index contributed by atoms with van der Waals surface area (Å²) >= 11 is 0. The van der Waals surface area contributed by atoms with Gasteiger partial charge in [0.15, 0.2) is 14.9 Å². The van der Waals surface area contributed by atoms with Gasteiger partial charge in [-0.1, -0.05) is 13.8 Å². The second kappa shape index (κ2) is 4.80. The topological polar surface area (TPSA) is 113 Å². The van der Waals surface area contributed by atoms with Crippen LogP contribution in [0.25, 0.3) is 0 Å². The van der Waals surface area contributed by atoms with Crippen LogP contribution < -0.4 is 5.32 Å². The molecule has 1 saturated carbocycles. The van der Waals surface area contributed by atoms with Gasteiger partial charge in [0.05, 0.1) is 23.7 Å². The Bertz CT molecular complexity index is 694. The van der Waals surface area contributed by atoms with Gasteiger partial charge in [0.2, 0.25) is 5.91 Å². The van der Waals surface area contributed by atoms with Crippen LogP contribution in [0.2, 0.25) is 0 Å². The van der Waals surface area contributed by atoms with Crippen molar-refractivity contribution in [1.82, 2.24) is 4.98 Å². The molecule has 2 atom stereocenters. The molecule has 0 aliphatic heterocycles. The maximum atomic E-state index is 12.1. The third-order valence-corrected chi connectivity index (χ3v) is 4.76. The maximum Gasteiger partial charge on any atom is 0.307 e. The molecule has 1 aromatic rings. The minimum Gasteiger partial charge on any atom is -0.481 e. The predicted molar refractivity (Wildman–Crippen MR) is 74.4 cm³/mol. The smallest absolute Gasteiger partial charge is 0.307 e. The quantitative estimate of drug-likeness (QED) is 0.849. The van der Waals surface area contributed by atoms with E-state index in [9.17, 15) is 18.0 Å². The van der Waals surface area contributed by atoms with Crippen LogP contribution in [-0.2, 0) is 19.4 Å². The molecule has 2 N–H and O–H groups in total. The van der Waals surface area contributed by atoms with Crippen LogP contribution in [0.5, 0.6) is 0 Å². The Morgan fingerprint density at radius 3 is 2.29 bits per heavy atom. The molecular weight excluding hydrogens is 296 g/mol. The number of carbonyl (C=O) groups excluding carboxylic acids is 1. The van der Waals surface area contributed by atoms with E-state index in [1.807, 2.05) is 0 Å². The molecule has 1 heterocycles. The summed E-state index contributed by atoms with van der Waals surface area (Å²) in [5, 5.41) is 11.5. The highest BCUT2D eigenvalue weighted by molar-refractivity contribution is 7.90. The summed E-state index contributed by atoms with van der Waals surface area (Å²) in [6.07, 6.45) is 2.27. The summed E-state index contributed by atoms with van der Waals surface area (Å²) in [5.41, 5.74) is -0.255. The van der Waals surface area contributed by atoms with E-state index in [1.165, 1.54) is 18.3 Å². The molecule has 1 aliphatic carbocycles. The molecular formula is C13H16N2O5S. The highest BCUT2D eigenvalue weighted by atomic mass is 32.2. The van der Waals surface area contributed by atoms with Gasteiger partial charge in [-0.05, 0) is 17.5 Å². The van der Waals surface area contributed by atoms with Crippen LogP contribution in [0.3, 0.4) is 0 Å². The van der Waals surface area contributed by atoms with Crippen LogP contribution in [0.1, 0.15) is 13.8 Å². The number of aromatic nitrogens is 1. The Balaban J connectivity index is 2.10. The van der Waals surface area contributed by atoms with Crippen LogP contribution in [0.15, 0.2) is 23.4 Å². The third-order valence-electron chi connectivity index (χ3n) is 3.76. The van der Waals surface area contributed by atoms with Crippen LogP contribution in [0.4, 0.5) is 5.69 Å². The molecule has 1 aromatic heterocycles. The van der Waals surface area contributed by atoms with Gasteiger partial charge < -0.3 is 10.4 Å². The lowest BCUT2D eigenvalue weighted by atomic mass is 10.1. The van der Waals surface area contributed by atoms with E-state index in [2.05, 4.69) is 10.3 Å². The molecule has 1 fully saturated rings. The number of sulfone groups is 1. The zero-order valence-corrected chi connectivity index (χ0v) is 12.6. The predicted octanol–water partition coefficient (Wildman–Crippen LogP) is 0.780. The molecule has 0 radical (unpaired) electrons. The van der Waals surface area contributed by atoms with E-state index in [1.54, 1.807) is 13.8 Å². The highest BCUT2D eigenvalue weighted by Gasteiger charge is 2.65. The van der Waals surface area contributed by atoms with Crippen molar-refractivity contribution < 1.29 is 23.1 Å². The van der Waals surface area contributed by atoms with E-state index in [0.29, 0.717) is 5.69 Å². The number of carboxylic acids is 1. The van der Waals surface area contributed by atoms with Crippen LogP contribution in [-0.4, -0.2) is 36.6 Å². The number of pyridine rings is 1. The summed E-state index contributed by atoms with van der Waals surface area (Å²) in [7, 11) is -3.39. The van der Waals surface area contributed by atoms with Crippen molar-refractivity contribution in [2.24, 2.45) is 17.3 Å². The molecule has 0 aromatic carbocycles. The molecule has 0 spiro atoms. The number of carboxylic acid groups (broad SMARTS) is 1. The van der Waals surface area contributed by atoms with Crippen molar-refractivity contribution in [2.75, 3.05) is 11.6 Å². The van der Waals surface area contributed by atoms with Gasteiger partial charge in [0, 0.05) is 6.26 Å². The number of amides is 1. The first kappa shape index (κ1) is 15.4. The lowest BCUT2D eigenvalue weighted by Crippen LogP contribution is -2.18. The Morgan fingerprint density at radius 2 is 1.90 bits per heavy atom. The van der Waals surface area contributed by atoms with Crippen molar-refractivity contribution in [3.8, 4) is 0 Å². The number of hydrogen-bond acceptors (Lipinski definition) is 5. The normalized spacial score (nSPS) is 23.4. The first-order chi connectivity index (χ1) is 9.55. The summed E-state index contributed by atoms with van der Waals surface area (Å²) in [6.45, 7) is 3.45. The molecule has 8 heteroatoms. The van der Waals surface area contributed by atoms with Gasteiger partial charge in [0.1, 0.15) is 0 Å². The summed E-state index contributed by atoms with van der Waals surface area (Å²) in [6, 6.07) is 2.71. The van der Waals surface area contributed by atoms with E-state index in [-0.39, 0.29) is 5.03 Å². The first-order valence-electron chi connectivity index (χ1n) is 6.25. The Hall–Kier alpha value is -1.96. The molecule has 0 saturated heterocycles. The highest BCUT2D eigenvalue weighted by Crippen LogP contribution is 2.58. The SMILES string of the molecule is CC1(C)[C@H](C(=O)O)[C@@H]1C(=O)Nc1ccc(S(C)(=O)=O)nc1. The second-order valence-electron chi connectivity index (χ2n) is 5.76. The van der Waals surface area contributed by atoms with Crippen molar-refractivity contribution in [2.45, 2.75) is 18.9 Å². The minimum atomic E-state index is -3.39. The van der Waals surface area contributed by atoms with Crippen molar-refractivity contribution in [3.05, 3.63) is 18.3 Å². The first-order valence-corrected chi connectivity index (χ1v) is 8.14. The van der Waals surface area contributed by atoms with Crippen LogP contribution in [0, 0.1) is 17.3 Å². The molecule has 0 bridgehead atoms. The van der Waals surface area contributed by atoms with Gasteiger partial charge in [-0.15, -0.1) is 0 Å². The molecule has 7 nitrogen and oxygen atoms in total. The largest absolute Gasteiger partial charge is 0.481 e. The number of carbonyl (C=O) groups is 2. The van der Waals surface area contributed by atoms with Gasteiger partial charge in [-0.2, -0.15) is 0 Å². The van der Waals surface area contributed by atoms with Crippen molar-refractivity contribution in [3.63, 3.8) is 0 Å². The third kappa shape index (κ3) is 2.90. The number of hydrogen-bond donors (Lipinski definition) is 2. The summed E-state index contributed by atoms with van der Waals surface area (Å²) in [5.74, 6) is -2.71. The van der Waals surface area contributed by atoms with Gasteiger partial charge >= 0.3 is 5.97 Å². The van der Waals surface area contributed by atoms with E-state index in [0.717, 1.165) is 6.26 Å². The summed E-state index contributed by atoms with van der Waals surface area (Å²) < 4.78 is 22.5. The molecule has 21 heavy (non-hydrogen) atoms. The standard InChI is InChI=1S/C13H16N2O5S/c1-13(2)9(10(13)12(17)18)11(16)15-7-4-5-8(14-6-7)21(3,19)20/h4-6,9-10H,1-3H3,(H,15,16)(H,17,18)/t9-,10+/m1/s1. The van der Waals surface area contributed by atoms with E-state index < -0.39 is 39.0 Å². The second-order valence-corrected chi connectivity index (χ2v) is 7.72. The average molecular weight is 312 g/mol. The number of aliphatic carboxylic acids is 1. The average Bonchev–Trinajstić information content (AvgIpc) is 2.92. The van der Waals surface area contributed by atoms with Crippen LogP contribution >= 0.6 is 0 Å². The number of nitrogens with zero attached hydrogens (tertiary/aromatic N) is 1. The summed E-state index contributed by atoms with van der Waals surface area (Å²) in [4.78, 5) is 26.9. The fourth-order valence-electron chi connectivity index (χ4n) is 2.48. The maximum absolute atomic E-state index is 12.1. The van der Waals surface area contributed by atoms with Gasteiger partial charge in [-0.25, -0.2) is 13.4 Å². The van der Waals surface area contributed by atoms with E-state index in [4.69, 9.17) is 5.11 Å². The Kier molecular flexibility index (Phi) is 3.53. The minimum absolute atomic E-state index is 0.0873. The van der Waals surface area contributed by atoms with Gasteiger partial charge in [-0.3, -0.25) is 9.59 Å². The van der Waals surface area contributed by atoms with Crippen molar-refractivity contribution in [1.29, 1.82) is 0 Å². The van der Waals surface area contributed by atoms with E-state index >= 15 is 0 Å². The zero-order valence-electron chi connectivity index (χ0n) is 11.8.